The fourth-order valence-electron chi connectivity index (χ4n) is 2.42. The molecule has 4 nitrogen and oxygen atoms in total. The first-order chi connectivity index (χ1) is 8.80. The molecule has 0 spiro atoms. The summed E-state index contributed by atoms with van der Waals surface area (Å²) in [5.74, 6) is -0.839. The average molecular weight is 300 g/mol. The maximum Gasteiger partial charge on any atom is 0.304 e. The van der Waals surface area contributed by atoms with E-state index in [0.29, 0.717) is 9.79 Å². The summed E-state index contributed by atoms with van der Waals surface area (Å²) in [5.41, 5.74) is 0.496. The number of thioether (sulfide) groups is 1. The molecule has 0 aromatic heterocycles. The van der Waals surface area contributed by atoms with E-state index in [1.54, 1.807) is 12.1 Å². The molecule has 1 aliphatic rings. The number of aliphatic carboxylic acids is 1. The molecule has 1 aromatic carbocycles. The number of carboxylic acids is 1. The molecule has 1 fully saturated rings. The first-order valence-corrected chi connectivity index (χ1v) is 9.01. The molecule has 0 amide bonds. The maximum atomic E-state index is 11.8. The lowest BCUT2D eigenvalue weighted by molar-refractivity contribution is -0.137. The summed E-state index contributed by atoms with van der Waals surface area (Å²) in [7, 11) is -3.30. The summed E-state index contributed by atoms with van der Waals surface area (Å²) in [6.45, 7) is 0. The van der Waals surface area contributed by atoms with Crippen LogP contribution in [0.4, 0.5) is 0 Å². The molecule has 0 saturated heterocycles. The van der Waals surface area contributed by atoms with Crippen molar-refractivity contribution in [2.45, 2.75) is 34.5 Å². The van der Waals surface area contributed by atoms with Gasteiger partial charge in [0.05, 0.1) is 11.3 Å². The van der Waals surface area contributed by atoms with Gasteiger partial charge in [-0.15, -0.1) is 11.8 Å². The molecule has 19 heavy (non-hydrogen) atoms. The summed E-state index contributed by atoms with van der Waals surface area (Å²) >= 11 is 1.37. The monoisotopic (exact) mass is 300 g/mol. The van der Waals surface area contributed by atoms with Crippen molar-refractivity contribution in [3.63, 3.8) is 0 Å². The van der Waals surface area contributed by atoms with Crippen LogP contribution in [0.2, 0.25) is 0 Å². The molecule has 6 heteroatoms. The SMILES string of the molecule is CSc1c(C2(CC(=O)O)CC2)cccc1S(C)(=O)=O. The fourth-order valence-corrected chi connectivity index (χ4v) is 4.67. The molecular formula is C13H16O4S2. The largest absolute Gasteiger partial charge is 0.481 e. The Morgan fingerprint density at radius 2 is 2.05 bits per heavy atom. The predicted molar refractivity (Wildman–Crippen MR) is 74.5 cm³/mol. The van der Waals surface area contributed by atoms with Crippen molar-refractivity contribution in [3.8, 4) is 0 Å². The molecule has 0 atom stereocenters. The van der Waals surface area contributed by atoms with E-state index in [-0.39, 0.29) is 11.8 Å². The third-order valence-corrected chi connectivity index (χ3v) is 5.61. The van der Waals surface area contributed by atoms with Gasteiger partial charge in [-0.05, 0) is 30.7 Å². The third-order valence-electron chi connectivity index (χ3n) is 3.50. The van der Waals surface area contributed by atoms with Gasteiger partial charge in [0.25, 0.3) is 0 Å². The standard InChI is InChI=1S/C13H16O4S2/c1-18-12-9(13(6-7-13)8-11(14)15)4-3-5-10(12)19(2,16)17/h3-5H,6-8H2,1-2H3,(H,14,15). The molecule has 0 radical (unpaired) electrons. The summed E-state index contributed by atoms with van der Waals surface area (Å²) in [4.78, 5) is 12.0. The van der Waals surface area contributed by atoms with Crippen LogP contribution in [0, 0.1) is 0 Å². The lowest BCUT2D eigenvalue weighted by atomic mass is 9.92. The topological polar surface area (TPSA) is 71.4 Å². The Bertz CT molecular complexity index is 616. The molecule has 1 aliphatic carbocycles. The van der Waals surface area contributed by atoms with Crippen molar-refractivity contribution in [1.82, 2.24) is 0 Å². The Kier molecular flexibility index (Phi) is 3.66. The van der Waals surface area contributed by atoms with E-state index in [4.69, 9.17) is 5.11 Å². The van der Waals surface area contributed by atoms with E-state index in [2.05, 4.69) is 0 Å². The van der Waals surface area contributed by atoms with Gasteiger partial charge in [-0.1, -0.05) is 12.1 Å². The zero-order valence-corrected chi connectivity index (χ0v) is 12.5. The summed E-state index contributed by atoms with van der Waals surface area (Å²) < 4.78 is 23.6. The van der Waals surface area contributed by atoms with Crippen LogP contribution in [0.25, 0.3) is 0 Å². The first kappa shape index (κ1) is 14.4. The molecule has 1 saturated carbocycles. The second kappa shape index (κ2) is 4.83. The minimum absolute atomic E-state index is 0.0633. The summed E-state index contributed by atoms with van der Waals surface area (Å²) in [6, 6.07) is 5.14. The quantitative estimate of drug-likeness (QED) is 0.845. The number of sulfone groups is 1. The van der Waals surface area contributed by atoms with Gasteiger partial charge in [0.1, 0.15) is 0 Å². The number of rotatable bonds is 5. The van der Waals surface area contributed by atoms with Crippen molar-refractivity contribution in [1.29, 1.82) is 0 Å². The summed E-state index contributed by atoms with van der Waals surface area (Å²) in [5, 5.41) is 9.02. The van der Waals surface area contributed by atoms with Gasteiger partial charge in [-0.25, -0.2) is 8.42 Å². The summed E-state index contributed by atoms with van der Waals surface area (Å²) in [6.07, 6.45) is 4.68. The normalized spacial score (nSPS) is 17.2. The van der Waals surface area contributed by atoms with Gasteiger partial charge in [-0.2, -0.15) is 0 Å². The fraction of sp³-hybridized carbons (Fsp3) is 0.462. The van der Waals surface area contributed by atoms with Crippen molar-refractivity contribution < 1.29 is 18.3 Å². The smallest absolute Gasteiger partial charge is 0.304 e. The van der Waals surface area contributed by atoms with E-state index in [9.17, 15) is 13.2 Å². The number of hydrogen-bond acceptors (Lipinski definition) is 4. The van der Waals surface area contributed by atoms with Gasteiger partial charge in [0.2, 0.25) is 0 Å². The van der Waals surface area contributed by atoms with Crippen LogP contribution in [0.1, 0.15) is 24.8 Å². The minimum atomic E-state index is -3.30. The van der Waals surface area contributed by atoms with E-state index >= 15 is 0 Å². The maximum absolute atomic E-state index is 11.8. The van der Waals surface area contributed by atoms with Gasteiger partial charge in [0, 0.05) is 16.6 Å². The lowest BCUT2D eigenvalue weighted by Crippen LogP contribution is -2.15. The third kappa shape index (κ3) is 2.79. The van der Waals surface area contributed by atoms with E-state index in [0.717, 1.165) is 18.4 Å². The Morgan fingerprint density at radius 1 is 1.42 bits per heavy atom. The zero-order valence-electron chi connectivity index (χ0n) is 10.8. The molecule has 0 heterocycles. The number of hydrogen-bond donors (Lipinski definition) is 1. The van der Waals surface area contributed by atoms with Crippen molar-refractivity contribution >= 4 is 27.6 Å². The van der Waals surface area contributed by atoms with Crippen LogP contribution in [0.5, 0.6) is 0 Å². The molecule has 104 valence electrons. The van der Waals surface area contributed by atoms with Crippen molar-refractivity contribution in [2.24, 2.45) is 0 Å². The van der Waals surface area contributed by atoms with Crippen LogP contribution in [0.3, 0.4) is 0 Å². The van der Waals surface area contributed by atoms with Crippen molar-refractivity contribution in [2.75, 3.05) is 12.5 Å². The molecule has 2 rings (SSSR count). The first-order valence-electron chi connectivity index (χ1n) is 5.89. The highest BCUT2D eigenvalue weighted by Crippen LogP contribution is 2.54. The Morgan fingerprint density at radius 3 is 2.47 bits per heavy atom. The molecule has 0 bridgehead atoms. The van der Waals surface area contributed by atoms with Gasteiger partial charge < -0.3 is 5.11 Å². The second-order valence-electron chi connectivity index (χ2n) is 4.96. The highest BCUT2D eigenvalue weighted by Gasteiger charge is 2.47. The van der Waals surface area contributed by atoms with E-state index < -0.39 is 15.8 Å². The minimum Gasteiger partial charge on any atom is -0.481 e. The molecule has 0 aliphatic heterocycles. The second-order valence-corrected chi connectivity index (χ2v) is 7.76. The van der Waals surface area contributed by atoms with Gasteiger partial charge in [0.15, 0.2) is 9.84 Å². The highest BCUT2D eigenvalue weighted by atomic mass is 32.2. The molecule has 0 unspecified atom stereocenters. The van der Waals surface area contributed by atoms with Crippen LogP contribution >= 0.6 is 11.8 Å². The lowest BCUT2D eigenvalue weighted by Gasteiger charge is -2.19. The van der Waals surface area contributed by atoms with Crippen LogP contribution in [0.15, 0.2) is 28.0 Å². The Balaban J connectivity index is 2.56. The Hall–Kier alpha value is -1.01. The Labute approximate surface area is 117 Å². The molecule has 1 N–H and O–H groups in total. The predicted octanol–water partition coefficient (Wildman–Crippen LogP) is 2.32. The molecular weight excluding hydrogens is 284 g/mol. The van der Waals surface area contributed by atoms with Crippen LogP contribution in [-0.2, 0) is 20.0 Å². The highest BCUT2D eigenvalue weighted by molar-refractivity contribution is 7.99. The number of benzene rings is 1. The van der Waals surface area contributed by atoms with E-state index in [1.807, 2.05) is 12.3 Å². The van der Waals surface area contributed by atoms with Gasteiger partial charge in [-0.3, -0.25) is 4.79 Å². The zero-order chi connectivity index (χ0) is 14.3. The van der Waals surface area contributed by atoms with Crippen molar-refractivity contribution in [3.05, 3.63) is 23.8 Å². The van der Waals surface area contributed by atoms with Crippen LogP contribution < -0.4 is 0 Å². The van der Waals surface area contributed by atoms with E-state index in [1.165, 1.54) is 18.0 Å². The van der Waals surface area contributed by atoms with Crippen LogP contribution in [-0.4, -0.2) is 32.0 Å². The molecule has 1 aromatic rings. The number of carbonyl (C=O) groups is 1. The number of carboxylic acid groups (broad SMARTS) is 1. The van der Waals surface area contributed by atoms with Gasteiger partial charge >= 0.3 is 5.97 Å². The average Bonchev–Trinajstić information content (AvgIpc) is 3.06.